The summed E-state index contributed by atoms with van der Waals surface area (Å²) in [4.78, 5) is 0. The van der Waals surface area contributed by atoms with Crippen LogP contribution in [0.1, 0.15) is 57.8 Å². The number of hydrogen-bond donors (Lipinski definition) is 1. The van der Waals surface area contributed by atoms with E-state index in [0.29, 0.717) is 6.04 Å². The van der Waals surface area contributed by atoms with Crippen molar-refractivity contribution < 1.29 is 0 Å². The van der Waals surface area contributed by atoms with Gasteiger partial charge >= 0.3 is 0 Å². The Labute approximate surface area is 93.8 Å². The molecule has 0 aromatic heterocycles. The lowest BCUT2D eigenvalue weighted by Crippen LogP contribution is -2.51. The van der Waals surface area contributed by atoms with E-state index in [0.717, 1.165) is 23.7 Å². The molecule has 3 saturated carbocycles. The summed E-state index contributed by atoms with van der Waals surface area (Å²) in [6, 6.07) is 0.564. The minimum Gasteiger partial charge on any atom is -0.327 e. The lowest BCUT2D eigenvalue weighted by Gasteiger charge is -2.50. The molecule has 0 amide bonds. The van der Waals surface area contributed by atoms with Gasteiger partial charge in [0.1, 0.15) is 0 Å². The summed E-state index contributed by atoms with van der Waals surface area (Å²) in [6.45, 7) is 0. The fourth-order valence-corrected chi connectivity index (χ4v) is 4.78. The third-order valence-electron chi connectivity index (χ3n) is 5.53. The zero-order valence-electron chi connectivity index (χ0n) is 9.83. The lowest BCUT2D eigenvalue weighted by molar-refractivity contribution is 0.0297. The van der Waals surface area contributed by atoms with Crippen LogP contribution in [0.4, 0.5) is 0 Å². The standard InChI is InChI=1S/C14H25N/c15-14-12-7-3-1-5-10(12)9-11-6-2-4-8-13(11)14/h10-14H,1-9,15H2. The predicted molar refractivity (Wildman–Crippen MR) is 63.5 cm³/mol. The van der Waals surface area contributed by atoms with Crippen LogP contribution in [-0.2, 0) is 0 Å². The average molecular weight is 207 g/mol. The fraction of sp³-hybridized carbons (Fsp3) is 1.00. The van der Waals surface area contributed by atoms with Gasteiger partial charge in [0, 0.05) is 6.04 Å². The zero-order chi connectivity index (χ0) is 10.3. The van der Waals surface area contributed by atoms with Crippen LogP contribution >= 0.6 is 0 Å². The van der Waals surface area contributed by atoms with Gasteiger partial charge in [-0.3, -0.25) is 0 Å². The van der Waals surface area contributed by atoms with Gasteiger partial charge in [0.2, 0.25) is 0 Å². The van der Waals surface area contributed by atoms with Crippen molar-refractivity contribution in [3.8, 4) is 0 Å². The highest BCUT2D eigenvalue weighted by Gasteiger charge is 2.43. The van der Waals surface area contributed by atoms with Gasteiger partial charge in [-0.05, 0) is 42.9 Å². The quantitative estimate of drug-likeness (QED) is 0.648. The molecule has 0 spiro atoms. The largest absolute Gasteiger partial charge is 0.327 e. The SMILES string of the molecule is NC1C2CCCCC2CC2CCCCC21. The first-order chi connectivity index (χ1) is 7.36. The molecule has 0 aromatic carbocycles. The van der Waals surface area contributed by atoms with Crippen LogP contribution in [0.15, 0.2) is 0 Å². The molecular formula is C14H25N. The first-order valence-electron chi connectivity index (χ1n) is 7.12. The number of rotatable bonds is 0. The topological polar surface area (TPSA) is 26.0 Å². The monoisotopic (exact) mass is 207 g/mol. The third kappa shape index (κ3) is 1.73. The summed E-state index contributed by atoms with van der Waals surface area (Å²) in [6.07, 6.45) is 13.2. The van der Waals surface area contributed by atoms with E-state index in [2.05, 4.69) is 0 Å². The van der Waals surface area contributed by atoms with Crippen LogP contribution in [-0.4, -0.2) is 6.04 Å². The molecule has 4 atom stereocenters. The minimum atomic E-state index is 0.564. The van der Waals surface area contributed by atoms with E-state index in [1.54, 1.807) is 0 Å². The molecule has 3 fully saturated rings. The maximum absolute atomic E-state index is 6.54. The van der Waals surface area contributed by atoms with Crippen molar-refractivity contribution >= 4 is 0 Å². The highest BCUT2D eigenvalue weighted by Crippen LogP contribution is 2.49. The summed E-state index contributed by atoms with van der Waals surface area (Å²) in [5, 5.41) is 0. The van der Waals surface area contributed by atoms with Crippen molar-refractivity contribution in [1.29, 1.82) is 0 Å². The van der Waals surface area contributed by atoms with Crippen LogP contribution in [0.5, 0.6) is 0 Å². The van der Waals surface area contributed by atoms with Gasteiger partial charge < -0.3 is 5.73 Å². The van der Waals surface area contributed by atoms with Crippen molar-refractivity contribution in [3.05, 3.63) is 0 Å². The van der Waals surface area contributed by atoms with Crippen molar-refractivity contribution in [1.82, 2.24) is 0 Å². The molecule has 2 N–H and O–H groups in total. The molecule has 0 saturated heterocycles. The molecule has 0 bridgehead atoms. The van der Waals surface area contributed by atoms with E-state index in [1.807, 2.05) is 0 Å². The summed E-state index contributed by atoms with van der Waals surface area (Å²) in [7, 11) is 0. The minimum absolute atomic E-state index is 0.564. The molecule has 1 heteroatoms. The predicted octanol–water partition coefficient (Wildman–Crippen LogP) is 3.33. The maximum Gasteiger partial charge on any atom is 0.0101 e. The van der Waals surface area contributed by atoms with Gasteiger partial charge in [-0.25, -0.2) is 0 Å². The second-order valence-electron chi connectivity index (χ2n) is 6.23. The van der Waals surface area contributed by atoms with Crippen LogP contribution in [0.3, 0.4) is 0 Å². The van der Waals surface area contributed by atoms with Crippen LogP contribution < -0.4 is 5.73 Å². The highest BCUT2D eigenvalue weighted by molar-refractivity contribution is 4.96. The Kier molecular flexibility index (Phi) is 2.76. The van der Waals surface area contributed by atoms with Gasteiger partial charge in [0.15, 0.2) is 0 Å². The van der Waals surface area contributed by atoms with E-state index in [4.69, 9.17) is 5.73 Å². The summed E-state index contributed by atoms with van der Waals surface area (Å²) in [5.41, 5.74) is 6.54. The average Bonchev–Trinajstić information content (AvgIpc) is 2.30. The van der Waals surface area contributed by atoms with Crippen molar-refractivity contribution in [2.75, 3.05) is 0 Å². The molecule has 3 aliphatic carbocycles. The lowest BCUT2D eigenvalue weighted by atomic mass is 9.58. The molecule has 0 aromatic rings. The molecule has 0 heterocycles. The molecule has 4 unspecified atom stereocenters. The molecule has 3 rings (SSSR count). The molecule has 0 radical (unpaired) electrons. The van der Waals surface area contributed by atoms with Gasteiger partial charge in [-0.1, -0.05) is 38.5 Å². The first-order valence-corrected chi connectivity index (χ1v) is 7.12. The maximum atomic E-state index is 6.54. The Morgan fingerprint density at radius 3 is 1.67 bits per heavy atom. The zero-order valence-corrected chi connectivity index (χ0v) is 9.83. The van der Waals surface area contributed by atoms with E-state index in [9.17, 15) is 0 Å². The van der Waals surface area contributed by atoms with Gasteiger partial charge in [-0.15, -0.1) is 0 Å². The number of nitrogens with two attached hydrogens (primary N) is 1. The molecule has 86 valence electrons. The van der Waals surface area contributed by atoms with Crippen LogP contribution in [0, 0.1) is 23.7 Å². The second-order valence-corrected chi connectivity index (χ2v) is 6.23. The Hall–Kier alpha value is -0.0400. The van der Waals surface area contributed by atoms with Crippen molar-refractivity contribution in [3.63, 3.8) is 0 Å². The molecule has 15 heavy (non-hydrogen) atoms. The molecule has 0 aliphatic heterocycles. The summed E-state index contributed by atoms with van der Waals surface area (Å²) < 4.78 is 0. The normalized spacial score (nSPS) is 50.6. The fourth-order valence-electron chi connectivity index (χ4n) is 4.78. The van der Waals surface area contributed by atoms with Gasteiger partial charge in [0.25, 0.3) is 0 Å². The Balaban J connectivity index is 1.76. The summed E-state index contributed by atoms with van der Waals surface area (Å²) >= 11 is 0. The van der Waals surface area contributed by atoms with Crippen LogP contribution in [0.25, 0.3) is 0 Å². The Bertz CT molecular complexity index is 203. The third-order valence-corrected chi connectivity index (χ3v) is 5.53. The summed E-state index contributed by atoms with van der Waals surface area (Å²) in [5.74, 6) is 3.82. The molecule has 3 aliphatic rings. The first kappa shape index (κ1) is 10.1. The molecular weight excluding hydrogens is 182 g/mol. The van der Waals surface area contributed by atoms with E-state index < -0.39 is 0 Å². The molecule has 1 nitrogen and oxygen atoms in total. The van der Waals surface area contributed by atoms with E-state index >= 15 is 0 Å². The number of fused-ring (bicyclic) bond motifs is 2. The van der Waals surface area contributed by atoms with Gasteiger partial charge in [0.05, 0.1) is 0 Å². The van der Waals surface area contributed by atoms with E-state index in [-0.39, 0.29) is 0 Å². The second kappa shape index (κ2) is 4.08. The Morgan fingerprint density at radius 2 is 1.13 bits per heavy atom. The smallest absolute Gasteiger partial charge is 0.0101 e. The highest BCUT2D eigenvalue weighted by atomic mass is 14.7. The van der Waals surface area contributed by atoms with Crippen molar-refractivity contribution in [2.24, 2.45) is 29.4 Å². The van der Waals surface area contributed by atoms with Crippen molar-refractivity contribution in [2.45, 2.75) is 63.8 Å². The van der Waals surface area contributed by atoms with Crippen LogP contribution in [0.2, 0.25) is 0 Å². The van der Waals surface area contributed by atoms with Gasteiger partial charge in [-0.2, -0.15) is 0 Å². The number of hydrogen-bond acceptors (Lipinski definition) is 1. The van der Waals surface area contributed by atoms with E-state index in [1.165, 1.54) is 57.8 Å². The Morgan fingerprint density at radius 1 is 0.667 bits per heavy atom.